The maximum absolute atomic E-state index is 12.5. The Balaban J connectivity index is 2.21. The molecule has 1 aliphatic rings. The molecule has 1 heterocycles. The molecule has 1 atom stereocenters. The normalized spacial score (nSPS) is 21.3. The first-order valence-corrected chi connectivity index (χ1v) is 7.87. The van der Waals surface area contributed by atoms with Gasteiger partial charge in [0.25, 0.3) is 0 Å². The summed E-state index contributed by atoms with van der Waals surface area (Å²) >= 11 is 3.37. The monoisotopic (exact) mass is 354 g/mol. The lowest BCUT2D eigenvalue weighted by Gasteiger charge is -2.34. The van der Waals surface area contributed by atoms with Gasteiger partial charge in [0.15, 0.2) is 0 Å². The van der Waals surface area contributed by atoms with Crippen LogP contribution >= 0.6 is 15.9 Å². The van der Waals surface area contributed by atoms with E-state index in [9.17, 15) is 14.7 Å². The van der Waals surface area contributed by atoms with E-state index in [1.54, 1.807) is 6.07 Å². The molecule has 0 saturated carbocycles. The van der Waals surface area contributed by atoms with Crippen molar-refractivity contribution in [3.05, 3.63) is 28.7 Å². The molecule has 1 fully saturated rings. The van der Waals surface area contributed by atoms with Crippen LogP contribution < -0.4 is 5.32 Å². The van der Waals surface area contributed by atoms with Crippen molar-refractivity contribution in [2.75, 3.05) is 11.9 Å². The van der Waals surface area contributed by atoms with Crippen LogP contribution in [0.4, 0.5) is 10.5 Å². The highest BCUT2D eigenvalue weighted by Crippen LogP contribution is 2.35. The number of nitrogens with zero attached hydrogens (tertiary/aromatic N) is 1. The van der Waals surface area contributed by atoms with E-state index in [1.807, 2.05) is 25.1 Å². The molecule has 0 aliphatic carbocycles. The van der Waals surface area contributed by atoms with Crippen LogP contribution in [-0.4, -0.2) is 34.1 Å². The second-order valence-corrected chi connectivity index (χ2v) is 6.11. The molecule has 21 heavy (non-hydrogen) atoms. The van der Waals surface area contributed by atoms with Gasteiger partial charge >= 0.3 is 12.0 Å². The van der Waals surface area contributed by atoms with Gasteiger partial charge in [-0.15, -0.1) is 0 Å². The number of benzene rings is 1. The predicted molar refractivity (Wildman–Crippen MR) is 84.4 cm³/mol. The Morgan fingerprint density at radius 2 is 2.14 bits per heavy atom. The molecule has 1 aliphatic heterocycles. The van der Waals surface area contributed by atoms with Crippen molar-refractivity contribution < 1.29 is 14.7 Å². The fraction of sp³-hybridized carbons (Fsp3) is 0.467. The van der Waals surface area contributed by atoms with E-state index in [-0.39, 0.29) is 6.03 Å². The molecule has 1 aromatic carbocycles. The summed E-state index contributed by atoms with van der Waals surface area (Å²) in [4.78, 5) is 25.7. The van der Waals surface area contributed by atoms with Gasteiger partial charge in [0.1, 0.15) is 5.54 Å². The summed E-state index contributed by atoms with van der Waals surface area (Å²) < 4.78 is 0.772. The zero-order chi connectivity index (χ0) is 15.5. The molecular weight excluding hydrogens is 336 g/mol. The minimum Gasteiger partial charge on any atom is -0.479 e. The van der Waals surface area contributed by atoms with E-state index < -0.39 is 11.5 Å². The summed E-state index contributed by atoms with van der Waals surface area (Å²) in [5.74, 6) is -0.913. The highest BCUT2D eigenvalue weighted by Gasteiger charge is 2.49. The van der Waals surface area contributed by atoms with Crippen molar-refractivity contribution in [2.24, 2.45) is 0 Å². The molecule has 114 valence electrons. The van der Waals surface area contributed by atoms with E-state index in [4.69, 9.17) is 0 Å². The largest absolute Gasteiger partial charge is 0.479 e. The summed E-state index contributed by atoms with van der Waals surface area (Å²) in [6, 6.07) is 6.93. The molecule has 1 aromatic rings. The van der Waals surface area contributed by atoms with Crippen LogP contribution in [0.1, 0.15) is 32.6 Å². The number of halogens is 1. The zero-order valence-corrected chi connectivity index (χ0v) is 13.5. The minimum atomic E-state index is -1.07. The van der Waals surface area contributed by atoms with Crippen molar-refractivity contribution in [1.29, 1.82) is 0 Å². The number of carboxylic acid groups (broad SMARTS) is 1. The molecule has 0 bridgehead atoms. The average molecular weight is 355 g/mol. The number of carboxylic acids is 1. The number of hydrogen-bond donors (Lipinski definition) is 2. The van der Waals surface area contributed by atoms with Gasteiger partial charge < -0.3 is 15.3 Å². The molecular formula is C15H19BrN2O3. The molecule has 2 N–H and O–H groups in total. The lowest BCUT2D eigenvalue weighted by atomic mass is 9.91. The van der Waals surface area contributed by atoms with Gasteiger partial charge in [-0.05, 0) is 47.3 Å². The quantitative estimate of drug-likeness (QED) is 0.865. The maximum atomic E-state index is 12.5. The smallest absolute Gasteiger partial charge is 0.329 e. The van der Waals surface area contributed by atoms with E-state index in [2.05, 4.69) is 21.2 Å². The van der Waals surface area contributed by atoms with Crippen molar-refractivity contribution in [3.63, 3.8) is 0 Å². The van der Waals surface area contributed by atoms with Crippen LogP contribution in [-0.2, 0) is 4.79 Å². The van der Waals surface area contributed by atoms with Crippen molar-refractivity contribution >= 4 is 33.6 Å². The Morgan fingerprint density at radius 3 is 2.76 bits per heavy atom. The highest BCUT2D eigenvalue weighted by atomic mass is 79.9. The van der Waals surface area contributed by atoms with E-state index in [0.29, 0.717) is 25.1 Å². The third kappa shape index (κ3) is 3.05. The summed E-state index contributed by atoms with van der Waals surface area (Å²) in [5, 5.41) is 12.4. The van der Waals surface area contributed by atoms with Gasteiger partial charge in [0.05, 0.1) is 5.69 Å². The third-order valence-electron chi connectivity index (χ3n) is 3.91. The maximum Gasteiger partial charge on any atom is 0.329 e. The number of carbonyl (C=O) groups is 2. The van der Waals surface area contributed by atoms with Crippen LogP contribution in [0, 0.1) is 0 Å². The Kier molecular flexibility index (Phi) is 4.88. The number of para-hydroxylation sites is 1. The molecule has 2 rings (SSSR count). The molecule has 0 radical (unpaired) electrons. The second-order valence-electron chi connectivity index (χ2n) is 5.25. The number of rotatable bonds is 4. The average Bonchev–Trinajstić information content (AvgIpc) is 2.87. The number of amides is 2. The van der Waals surface area contributed by atoms with Gasteiger partial charge in [0.2, 0.25) is 0 Å². The number of urea groups is 1. The first-order valence-electron chi connectivity index (χ1n) is 7.08. The van der Waals surface area contributed by atoms with E-state index in [0.717, 1.165) is 17.3 Å². The van der Waals surface area contributed by atoms with Gasteiger partial charge in [0, 0.05) is 11.0 Å². The summed E-state index contributed by atoms with van der Waals surface area (Å²) in [5.41, 5.74) is -0.426. The molecule has 5 nitrogen and oxygen atoms in total. The Labute approximate surface area is 132 Å². The van der Waals surface area contributed by atoms with Gasteiger partial charge in [-0.3, -0.25) is 0 Å². The molecule has 6 heteroatoms. The predicted octanol–water partition coefficient (Wildman–Crippen LogP) is 3.70. The molecule has 1 saturated heterocycles. The van der Waals surface area contributed by atoms with Crippen LogP contribution in [0.25, 0.3) is 0 Å². The first-order chi connectivity index (χ1) is 10.0. The number of anilines is 1. The lowest BCUT2D eigenvalue weighted by molar-refractivity contribution is -0.148. The molecule has 0 spiro atoms. The molecule has 0 aromatic heterocycles. The summed E-state index contributed by atoms with van der Waals surface area (Å²) in [7, 11) is 0. The van der Waals surface area contributed by atoms with E-state index in [1.165, 1.54) is 4.90 Å². The first kappa shape index (κ1) is 15.8. The number of likely N-dealkylation sites (tertiary alicyclic amines) is 1. The van der Waals surface area contributed by atoms with Crippen molar-refractivity contribution in [3.8, 4) is 0 Å². The number of hydrogen-bond acceptors (Lipinski definition) is 2. The lowest BCUT2D eigenvalue weighted by Crippen LogP contribution is -2.54. The van der Waals surface area contributed by atoms with Gasteiger partial charge in [-0.25, -0.2) is 9.59 Å². The fourth-order valence-electron chi connectivity index (χ4n) is 2.92. The standard InChI is InChI=1S/C15H19BrN2O3/c1-2-8-15(13(19)20)9-5-10-18(15)14(21)17-12-7-4-3-6-11(12)16/h3-4,6-7H,2,5,8-10H2,1H3,(H,17,21)(H,19,20). The Bertz CT molecular complexity index is 549. The van der Waals surface area contributed by atoms with E-state index >= 15 is 0 Å². The zero-order valence-electron chi connectivity index (χ0n) is 11.9. The molecule has 1 unspecified atom stereocenters. The van der Waals surface area contributed by atoms with Gasteiger partial charge in [-0.1, -0.05) is 25.5 Å². The summed E-state index contributed by atoms with van der Waals surface area (Å²) in [6.07, 6.45) is 2.44. The second kappa shape index (κ2) is 6.47. The van der Waals surface area contributed by atoms with Crippen molar-refractivity contribution in [2.45, 2.75) is 38.1 Å². The number of aliphatic carboxylic acids is 1. The number of carbonyl (C=O) groups excluding carboxylic acids is 1. The van der Waals surface area contributed by atoms with Crippen molar-refractivity contribution in [1.82, 2.24) is 4.90 Å². The third-order valence-corrected chi connectivity index (χ3v) is 4.60. The highest BCUT2D eigenvalue weighted by molar-refractivity contribution is 9.10. The summed E-state index contributed by atoms with van der Waals surface area (Å²) in [6.45, 7) is 2.41. The Morgan fingerprint density at radius 1 is 1.43 bits per heavy atom. The van der Waals surface area contributed by atoms with Crippen LogP contribution in [0.15, 0.2) is 28.7 Å². The van der Waals surface area contributed by atoms with Gasteiger partial charge in [-0.2, -0.15) is 0 Å². The minimum absolute atomic E-state index is 0.352. The fourth-order valence-corrected chi connectivity index (χ4v) is 3.31. The van der Waals surface area contributed by atoms with Crippen LogP contribution in [0.5, 0.6) is 0 Å². The van der Waals surface area contributed by atoms with Crippen LogP contribution in [0.3, 0.4) is 0 Å². The topological polar surface area (TPSA) is 69.6 Å². The number of nitrogens with one attached hydrogen (secondary N) is 1. The SMILES string of the molecule is CCCC1(C(=O)O)CCCN1C(=O)Nc1ccccc1Br. The van der Waals surface area contributed by atoms with Crippen LogP contribution in [0.2, 0.25) is 0 Å². The molecule has 2 amide bonds. The Hall–Kier alpha value is -1.56.